The highest BCUT2D eigenvalue weighted by molar-refractivity contribution is 5.84. The van der Waals surface area contributed by atoms with Crippen LogP contribution in [0, 0.1) is 0 Å². The number of rotatable bonds is 6. The maximum absolute atomic E-state index is 10.3. The van der Waals surface area contributed by atoms with Crippen LogP contribution in [0.15, 0.2) is 37.5 Å². The quantitative estimate of drug-likeness (QED) is 0.460. The number of aliphatic carboxylic acids is 1. The fraction of sp³-hybridized carbons (Fsp3) is 0.400. The predicted molar refractivity (Wildman–Crippen MR) is 80.7 cm³/mol. The summed E-state index contributed by atoms with van der Waals surface area (Å²) in [5.74, 6) is -1.66. The Morgan fingerprint density at radius 2 is 1.57 bits per heavy atom. The standard InChI is InChI=1S/C7H12O2.2C4H6O2/c1-3-5-6-9-7(8)4-2;1-3-4(5)6-2;1-3(2)4(5)6/h4H,2-3,5-6H2,1H3;3H,1H2,2H3;1H2,2H3,(H,5,6). The Bertz CT molecular complexity index is 342. The summed E-state index contributed by atoms with van der Waals surface area (Å²) in [6.07, 6.45) is 4.26. The van der Waals surface area contributed by atoms with Gasteiger partial charge in [0, 0.05) is 17.7 Å². The van der Waals surface area contributed by atoms with Gasteiger partial charge in [0.1, 0.15) is 0 Å². The molecule has 0 spiro atoms. The van der Waals surface area contributed by atoms with E-state index in [0.29, 0.717) is 6.61 Å². The molecule has 0 aromatic rings. The molecule has 0 aromatic carbocycles. The second-order valence-corrected chi connectivity index (χ2v) is 3.54. The highest BCUT2D eigenvalue weighted by atomic mass is 16.5. The van der Waals surface area contributed by atoms with Gasteiger partial charge in [-0.15, -0.1) is 0 Å². The number of carboxylic acids is 1. The first-order valence-corrected chi connectivity index (χ1v) is 6.15. The van der Waals surface area contributed by atoms with Crippen molar-refractivity contribution in [2.24, 2.45) is 0 Å². The van der Waals surface area contributed by atoms with E-state index in [2.05, 4.69) is 29.2 Å². The van der Waals surface area contributed by atoms with Gasteiger partial charge in [0.05, 0.1) is 13.7 Å². The lowest BCUT2D eigenvalue weighted by atomic mass is 10.4. The van der Waals surface area contributed by atoms with Gasteiger partial charge in [-0.2, -0.15) is 0 Å². The predicted octanol–water partition coefficient (Wildman–Crippen LogP) is 2.51. The van der Waals surface area contributed by atoms with Crippen LogP contribution in [0.4, 0.5) is 0 Å². The van der Waals surface area contributed by atoms with E-state index in [-0.39, 0.29) is 11.5 Å². The smallest absolute Gasteiger partial charge is 0.330 e. The van der Waals surface area contributed by atoms with Crippen LogP contribution in [-0.2, 0) is 23.9 Å². The first-order chi connectivity index (χ1) is 9.76. The van der Waals surface area contributed by atoms with Crippen molar-refractivity contribution in [2.75, 3.05) is 13.7 Å². The van der Waals surface area contributed by atoms with Crippen LogP contribution in [0.2, 0.25) is 0 Å². The largest absolute Gasteiger partial charge is 0.478 e. The van der Waals surface area contributed by atoms with Crippen LogP contribution < -0.4 is 0 Å². The molecule has 6 nitrogen and oxygen atoms in total. The fourth-order valence-corrected chi connectivity index (χ4v) is 0.459. The first-order valence-electron chi connectivity index (χ1n) is 6.15. The van der Waals surface area contributed by atoms with Crippen LogP contribution in [0.5, 0.6) is 0 Å². The number of esters is 2. The minimum atomic E-state index is -0.935. The second kappa shape index (κ2) is 17.6. The van der Waals surface area contributed by atoms with Crippen molar-refractivity contribution in [1.82, 2.24) is 0 Å². The van der Waals surface area contributed by atoms with Gasteiger partial charge in [0.25, 0.3) is 0 Å². The highest BCUT2D eigenvalue weighted by Gasteiger charge is 1.91. The molecule has 0 bridgehead atoms. The lowest BCUT2D eigenvalue weighted by Crippen LogP contribution is -2.00. The minimum absolute atomic E-state index is 0.176. The van der Waals surface area contributed by atoms with Gasteiger partial charge >= 0.3 is 17.9 Å². The topological polar surface area (TPSA) is 89.9 Å². The first kappa shape index (κ1) is 23.7. The normalized spacial score (nSPS) is 7.76. The highest BCUT2D eigenvalue weighted by Crippen LogP contribution is 1.88. The summed E-state index contributed by atoms with van der Waals surface area (Å²) in [5, 5.41) is 7.89. The summed E-state index contributed by atoms with van der Waals surface area (Å²) in [5.41, 5.74) is 0.176. The van der Waals surface area contributed by atoms with E-state index in [9.17, 15) is 14.4 Å². The summed E-state index contributed by atoms with van der Waals surface area (Å²) in [6, 6.07) is 0. The van der Waals surface area contributed by atoms with Gasteiger partial charge in [0.15, 0.2) is 0 Å². The molecule has 0 radical (unpaired) electrons. The molecule has 0 fully saturated rings. The molecule has 1 N–H and O–H groups in total. The van der Waals surface area contributed by atoms with Crippen molar-refractivity contribution < 1.29 is 29.0 Å². The summed E-state index contributed by atoms with van der Waals surface area (Å²) in [6.45, 7) is 13.6. The van der Waals surface area contributed by atoms with Crippen molar-refractivity contribution in [1.29, 1.82) is 0 Å². The van der Waals surface area contributed by atoms with Crippen LogP contribution >= 0.6 is 0 Å². The molecule has 21 heavy (non-hydrogen) atoms. The molecule has 0 rings (SSSR count). The second-order valence-electron chi connectivity index (χ2n) is 3.54. The third-order valence-corrected chi connectivity index (χ3v) is 1.64. The fourth-order valence-electron chi connectivity index (χ4n) is 0.459. The lowest BCUT2D eigenvalue weighted by Gasteiger charge is -1.97. The van der Waals surface area contributed by atoms with E-state index in [1.54, 1.807) is 0 Å². The molecule has 0 amide bonds. The van der Waals surface area contributed by atoms with Crippen molar-refractivity contribution in [2.45, 2.75) is 26.7 Å². The molecular formula is C15H24O6. The average Bonchev–Trinajstić information content (AvgIpc) is 2.47. The Morgan fingerprint density at radius 1 is 1.14 bits per heavy atom. The SMILES string of the molecule is C=C(C)C(=O)O.C=CC(=O)OC.C=CC(=O)OCCCC. The maximum Gasteiger partial charge on any atom is 0.330 e. The van der Waals surface area contributed by atoms with Crippen LogP contribution in [-0.4, -0.2) is 36.7 Å². The number of hydrogen-bond acceptors (Lipinski definition) is 5. The van der Waals surface area contributed by atoms with Crippen LogP contribution in [0.25, 0.3) is 0 Å². The molecule has 6 heteroatoms. The monoisotopic (exact) mass is 300 g/mol. The van der Waals surface area contributed by atoms with Gasteiger partial charge in [0.2, 0.25) is 0 Å². The van der Waals surface area contributed by atoms with Crippen molar-refractivity contribution in [3.05, 3.63) is 37.5 Å². The van der Waals surface area contributed by atoms with E-state index in [4.69, 9.17) is 5.11 Å². The molecule has 0 saturated heterocycles. The number of carbonyl (C=O) groups is 3. The number of ether oxygens (including phenoxy) is 2. The lowest BCUT2D eigenvalue weighted by molar-refractivity contribution is -0.138. The van der Waals surface area contributed by atoms with E-state index in [1.165, 1.54) is 20.1 Å². The van der Waals surface area contributed by atoms with Crippen LogP contribution in [0.3, 0.4) is 0 Å². The Labute approximate surface area is 125 Å². The summed E-state index contributed by atoms with van der Waals surface area (Å²) in [4.78, 5) is 29.8. The van der Waals surface area contributed by atoms with Crippen molar-refractivity contribution in [3.8, 4) is 0 Å². The summed E-state index contributed by atoms with van der Waals surface area (Å²) >= 11 is 0. The number of methoxy groups -OCH3 is 1. The zero-order chi connectivity index (χ0) is 17.3. The molecule has 0 aromatic heterocycles. The summed E-state index contributed by atoms with van der Waals surface area (Å²) in [7, 11) is 1.31. The maximum atomic E-state index is 10.3. The number of unbranched alkanes of at least 4 members (excludes halogenated alkanes) is 1. The zero-order valence-corrected chi connectivity index (χ0v) is 12.9. The van der Waals surface area contributed by atoms with Gasteiger partial charge < -0.3 is 14.6 Å². The Balaban J connectivity index is -0.000000240. The number of carbonyl (C=O) groups excluding carboxylic acids is 2. The minimum Gasteiger partial charge on any atom is -0.478 e. The molecule has 0 aliphatic rings. The molecule has 120 valence electrons. The summed E-state index contributed by atoms with van der Waals surface area (Å²) < 4.78 is 8.82. The van der Waals surface area contributed by atoms with E-state index in [0.717, 1.165) is 18.9 Å². The number of carboxylic acid groups (broad SMARTS) is 1. The third kappa shape index (κ3) is 27.0. The van der Waals surface area contributed by atoms with Gasteiger partial charge in [-0.1, -0.05) is 33.1 Å². The Kier molecular flexibility index (Phi) is 19.9. The molecule has 0 aliphatic heterocycles. The molecule has 0 unspecified atom stereocenters. The molecular weight excluding hydrogens is 276 g/mol. The molecule has 0 aliphatic carbocycles. The Morgan fingerprint density at radius 3 is 1.76 bits per heavy atom. The van der Waals surface area contributed by atoms with E-state index >= 15 is 0 Å². The van der Waals surface area contributed by atoms with Gasteiger partial charge in [-0.25, -0.2) is 14.4 Å². The molecule has 0 saturated carbocycles. The van der Waals surface area contributed by atoms with E-state index < -0.39 is 11.9 Å². The average molecular weight is 300 g/mol. The molecule has 0 atom stereocenters. The van der Waals surface area contributed by atoms with Crippen LogP contribution in [0.1, 0.15) is 26.7 Å². The van der Waals surface area contributed by atoms with Crippen molar-refractivity contribution >= 4 is 17.9 Å². The van der Waals surface area contributed by atoms with Gasteiger partial charge in [-0.3, -0.25) is 0 Å². The van der Waals surface area contributed by atoms with E-state index in [1.807, 2.05) is 6.92 Å². The molecule has 0 heterocycles. The zero-order valence-electron chi connectivity index (χ0n) is 12.9. The number of hydrogen-bond donors (Lipinski definition) is 1. The third-order valence-electron chi connectivity index (χ3n) is 1.64. The van der Waals surface area contributed by atoms with Gasteiger partial charge in [-0.05, 0) is 13.3 Å². The Hall–Kier alpha value is -2.37. The van der Waals surface area contributed by atoms with Crippen molar-refractivity contribution in [3.63, 3.8) is 0 Å².